The van der Waals surface area contributed by atoms with Gasteiger partial charge in [-0.3, -0.25) is 4.79 Å². The molecule has 0 radical (unpaired) electrons. The molecule has 1 atom stereocenters. The van der Waals surface area contributed by atoms with Gasteiger partial charge in [0, 0.05) is 0 Å². The lowest BCUT2D eigenvalue weighted by Crippen LogP contribution is -2.10. The fourth-order valence-corrected chi connectivity index (χ4v) is 2.58. The molecule has 0 saturated heterocycles. The van der Waals surface area contributed by atoms with Crippen molar-refractivity contribution >= 4 is 27.6 Å². The zero-order valence-corrected chi connectivity index (χ0v) is 10.5. The van der Waals surface area contributed by atoms with Gasteiger partial charge < -0.3 is 9.84 Å². The number of ether oxygens (including phenoxy) is 1. The molecule has 17 heavy (non-hydrogen) atoms. The van der Waals surface area contributed by atoms with E-state index in [1.807, 2.05) is 25.1 Å². The largest absolute Gasteiger partial charge is 0.481 e. The first-order chi connectivity index (χ1) is 8.17. The number of rotatable bonds is 4. The van der Waals surface area contributed by atoms with Crippen molar-refractivity contribution in [2.45, 2.75) is 19.3 Å². The van der Waals surface area contributed by atoms with Crippen LogP contribution in [0.2, 0.25) is 0 Å². The first-order valence-electron chi connectivity index (χ1n) is 5.33. The van der Waals surface area contributed by atoms with Gasteiger partial charge in [-0.05, 0) is 35.6 Å². The predicted molar refractivity (Wildman–Crippen MR) is 66.8 cm³/mol. The number of methoxy groups -OCH3 is 1. The lowest BCUT2D eigenvalue weighted by atomic mass is 9.96. The highest BCUT2D eigenvalue weighted by atomic mass is 32.1. The maximum atomic E-state index is 11.1. The summed E-state index contributed by atoms with van der Waals surface area (Å²) in [6.07, 6.45) is 0.570. The standard InChI is InChI=1S/C12H13NO3S/c1-3-8(12(14)15)7-4-5-10-9(6-7)11(16-2)13-17-10/h4-6,8H,3H2,1-2H3,(H,14,15). The Bertz CT molecular complexity index is 550. The summed E-state index contributed by atoms with van der Waals surface area (Å²) in [5.41, 5.74) is 0.797. The first-order valence-corrected chi connectivity index (χ1v) is 6.10. The second-order valence-corrected chi connectivity index (χ2v) is 4.55. The second kappa shape index (κ2) is 4.71. The van der Waals surface area contributed by atoms with Crippen LogP contribution in [0, 0.1) is 0 Å². The summed E-state index contributed by atoms with van der Waals surface area (Å²) in [5, 5.41) is 10.0. The van der Waals surface area contributed by atoms with Gasteiger partial charge >= 0.3 is 5.97 Å². The van der Waals surface area contributed by atoms with E-state index >= 15 is 0 Å². The second-order valence-electron chi connectivity index (χ2n) is 3.75. The van der Waals surface area contributed by atoms with E-state index in [1.165, 1.54) is 11.5 Å². The number of carbonyl (C=O) groups is 1. The summed E-state index contributed by atoms with van der Waals surface area (Å²) in [7, 11) is 1.57. The number of carboxylic acids is 1. The van der Waals surface area contributed by atoms with Crippen molar-refractivity contribution < 1.29 is 14.6 Å². The number of hydrogen-bond acceptors (Lipinski definition) is 4. The topological polar surface area (TPSA) is 59.4 Å². The molecular weight excluding hydrogens is 238 g/mol. The third-order valence-electron chi connectivity index (χ3n) is 2.76. The van der Waals surface area contributed by atoms with Gasteiger partial charge in [0.25, 0.3) is 0 Å². The molecule has 1 aromatic heterocycles. The molecule has 1 N–H and O–H groups in total. The maximum absolute atomic E-state index is 11.1. The highest BCUT2D eigenvalue weighted by Gasteiger charge is 2.19. The van der Waals surface area contributed by atoms with Crippen LogP contribution >= 0.6 is 11.5 Å². The monoisotopic (exact) mass is 251 g/mol. The molecule has 90 valence electrons. The Morgan fingerprint density at radius 1 is 1.59 bits per heavy atom. The highest BCUT2D eigenvalue weighted by Crippen LogP contribution is 2.32. The van der Waals surface area contributed by atoms with E-state index in [4.69, 9.17) is 9.84 Å². The van der Waals surface area contributed by atoms with E-state index in [9.17, 15) is 4.79 Å². The van der Waals surface area contributed by atoms with Gasteiger partial charge in [-0.15, -0.1) is 0 Å². The van der Waals surface area contributed by atoms with E-state index in [0.717, 1.165) is 15.6 Å². The molecule has 5 heteroatoms. The van der Waals surface area contributed by atoms with Crippen molar-refractivity contribution in [1.82, 2.24) is 4.37 Å². The van der Waals surface area contributed by atoms with E-state index in [-0.39, 0.29) is 0 Å². The lowest BCUT2D eigenvalue weighted by molar-refractivity contribution is -0.138. The molecule has 0 aliphatic heterocycles. The molecule has 0 aliphatic rings. The number of aliphatic carboxylic acids is 1. The van der Waals surface area contributed by atoms with Crippen molar-refractivity contribution in [3.63, 3.8) is 0 Å². The minimum Gasteiger partial charge on any atom is -0.481 e. The van der Waals surface area contributed by atoms with E-state index < -0.39 is 11.9 Å². The zero-order chi connectivity index (χ0) is 12.4. The Balaban J connectivity index is 2.52. The Labute approximate surface area is 103 Å². The van der Waals surface area contributed by atoms with E-state index in [1.54, 1.807) is 7.11 Å². The number of fused-ring (bicyclic) bond motifs is 1. The summed E-state index contributed by atoms with van der Waals surface area (Å²) in [4.78, 5) is 11.1. The Morgan fingerprint density at radius 3 is 2.94 bits per heavy atom. The number of hydrogen-bond donors (Lipinski definition) is 1. The molecule has 0 saturated carbocycles. The van der Waals surface area contributed by atoms with Gasteiger partial charge in [0.15, 0.2) is 0 Å². The number of benzene rings is 1. The van der Waals surface area contributed by atoms with Crippen LogP contribution in [0.3, 0.4) is 0 Å². The summed E-state index contributed by atoms with van der Waals surface area (Å²) >= 11 is 1.35. The Hall–Kier alpha value is -1.62. The Morgan fingerprint density at radius 2 is 2.35 bits per heavy atom. The minimum atomic E-state index is -0.797. The van der Waals surface area contributed by atoms with Gasteiger partial charge in [0.1, 0.15) is 0 Å². The van der Waals surface area contributed by atoms with E-state index in [0.29, 0.717) is 12.3 Å². The number of nitrogens with zero attached hydrogens (tertiary/aromatic N) is 1. The molecule has 0 aliphatic carbocycles. The smallest absolute Gasteiger partial charge is 0.310 e. The summed E-state index contributed by atoms with van der Waals surface area (Å²) in [5.74, 6) is -0.704. The fourth-order valence-electron chi connectivity index (χ4n) is 1.85. The summed E-state index contributed by atoms with van der Waals surface area (Å²) in [6.45, 7) is 1.87. The molecule has 2 rings (SSSR count). The molecular formula is C12H13NO3S. The molecule has 0 fully saturated rings. The SMILES string of the molecule is CCC(C(=O)O)c1ccc2snc(OC)c2c1. The lowest BCUT2D eigenvalue weighted by Gasteiger charge is -2.09. The van der Waals surface area contributed by atoms with Crippen LogP contribution in [0.1, 0.15) is 24.8 Å². The predicted octanol–water partition coefficient (Wildman–Crippen LogP) is 2.88. The van der Waals surface area contributed by atoms with Crippen molar-refractivity contribution in [2.24, 2.45) is 0 Å². The molecule has 1 unspecified atom stereocenters. The van der Waals surface area contributed by atoms with Gasteiger partial charge in [0.05, 0.1) is 23.1 Å². The average Bonchev–Trinajstić information content (AvgIpc) is 2.71. The number of aromatic nitrogens is 1. The molecule has 4 nitrogen and oxygen atoms in total. The average molecular weight is 251 g/mol. The van der Waals surface area contributed by atoms with Gasteiger partial charge in [-0.1, -0.05) is 13.0 Å². The van der Waals surface area contributed by atoms with Crippen molar-refractivity contribution in [3.05, 3.63) is 23.8 Å². The summed E-state index contributed by atoms with van der Waals surface area (Å²) < 4.78 is 10.3. The van der Waals surface area contributed by atoms with Crippen molar-refractivity contribution in [3.8, 4) is 5.88 Å². The van der Waals surface area contributed by atoms with Crippen LogP contribution in [0.25, 0.3) is 10.1 Å². The van der Waals surface area contributed by atoms with Gasteiger partial charge in [-0.2, -0.15) is 4.37 Å². The van der Waals surface area contributed by atoms with Crippen LogP contribution < -0.4 is 4.74 Å². The number of carboxylic acid groups (broad SMARTS) is 1. The minimum absolute atomic E-state index is 0.469. The fraction of sp³-hybridized carbons (Fsp3) is 0.333. The molecule has 2 aromatic rings. The van der Waals surface area contributed by atoms with Crippen LogP contribution in [-0.4, -0.2) is 22.6 Å². The van der Waals surface area contributed by atoms with Crippen molar-refractivity contribution in [2.75, 3.05) is 7.11 Å². The summed E-state index contributed by atoms with van der Waals surface area (Å²) in [6, 6.07) is 5.61. The maximum Gasteiger partial charge on any atom is 0.310 e. The third-order valence-corrected chi connectivity index (χ3v) is 3.57. The van der Waals surface area contributed by atoms with E-state index in [2.05, 4.69) is 4.37 Å². The van der Waals surface area contributed by atoms with Crippen LogP contribution in [0.5, 0.6) is 5.88 Å². The molecule has 0 bridgehead atoms. The van der Waals surface area contributed by atoms with Crippen LogP contribution in [0.15, 0.2) is 18.2 Å². The van der Waals surface area contributed by atoms with Gasteiger partial charge in [-0.25, -0.2) is 0 Å². The molecule has 0 amide bonds. The zero-order valence-electron chi connectivity index (χ0n) is 9.64. The highest BCUT2D eigenvalue weighted by molar-refractivity contribution is 7.13. The third kappa shape index (κ3) is 2.10. The van der Waals surface area contributed by atoms with Gasteiger partial charge in [0.2, 0.25) is 5.88 Å². The molecule has 1 heterocycles. The quantitative estimate of drug-likeness (QED) is 0.907. The van der Waals surface area contributed by atoms with Crippen molar-refractivity contribution in [1.29, 1.82) is 0 Å². The molecule has 1 aromatic carbocycles. The first kappa shape index (κ1) is 11.9. The van der Waals surface area contributed by atoms with Crippen LogP contribution in [-0.2, 0) is 4.79 Å². The van der Waals surface area contributed by atoms with Crippen LogP contribution in [0.4, 0.5) is 0 Å². The normalized spacial score (nSPS) is 12.6. The molecule has 0 spiro atoms. The Kier molecular flexibility index (Phi) is 3.28.